The van der Waals surface area contributed by atoms with E-state index in [0.717, 1.165) is 24.9 Å². The molecular formula is C15H20N2O3. The van der Waals surface area contributed by atoms with Crippen LogP contribution < -0.4 is 10.6 Å². The summed E-state index contributed by atoms with van der Waals surface area (Å²) >= 11 is 0. The minimum atomic E-state index is -0.442. The third kappa shape index (κ3) is 3.57. The predicted molar refractivity (Wildman–Crippen MR) is 76.8 cm³/mol. The summed E-state index contributed by atoms with van der Waals surface area (Å²) in [5.74, 6) is -0.526. The van der Waals surface area contributed by atoms with Crippen LogP contribution in [0.2, 0.25) is 0 Å². The fraction of sp³-hybridized carbons (Fsp3) is 0.467. The Labute approximate surface area is 118 Å². The molecule has 1 atom stereocenters. The normalized spacial score (nSPS) is 17.8. The van der Waals surface area contributed by atoms with Gasteiger partial charge in [-0.1, -0.05) is 11.6 Å². The van der Waals surface area contributed by atoms with Crippen molar-refractivity contribution in [2.75, 3.05) is 19.0 Å². The third-order valence-corrected chi connectivity index (χ3v) is 3.45. The molecule has 1 fully saturated rings. The lowest BCUT2D eigenvalue weighted by atomic mass is 10.1. The van der Waals surface area contributed by atoms with E-state index < -0.39 is 5.97 Å². The van der Waals surface area contributed by atoms with E-state index in [1.54, 1.807) is 12.1 Å². The molecule has 2 N–H and O–H groups in total. The summed E-state index contributed by atoms with van der Waals surface area (Å²) in [5, 5.41) is 6.08. The molecule has 2 rings (SSSR count). The molecule has 1 unspecified atom stereocenters. The molecule has 1 aliphatic heterocycles. The van der Waals surface area contributed by atoms with Gasteiger partial charge < -0.3 is 15.4 Å². The maximum atomic E-state index is 12.0. The monoisotopic (exact) mass is 276 g/mol. The maximum Gasteiger partial charge on any atom is 0.339 e. The summed E-state index contributed by atoms with van der Waals surface area (Å²) in [7, 11) is 1.33. The number of nitrogens with one attached hydrogen (secondary N) is 2. The quantitative estimate of drug-likeness (QED) is 0.824. The van der Waals surface area contributed by atoms with Gasteiger partial charge in [-0.15, -0.1) is 0 Å². The van der Waals surface area contributed by atoms with Crippen molar-refractivity contribution >= 4 is 17.6 Å². The molecule has 5 nitrogen and oxygen atoms in total. The van der Waals surface area contributed by atoms with E-state index in [0.29, 0.717) is 17.7 Å². The lowest BCUT2D eigenvalue weighted by molar-refractivity contribution is -0.116. The first-order chi connectivity index (χ1) is 9.60. The van der Waals surface area contributed by atoms with Crippen LogP contribution >= 0.6 is 0 Å². The number of benzene rings is 1. The zero-order valence-corrected chi connectivity index (χ0v) is 11.9. The smallest absolute Gasteiger partial charge is 0.339 e. The molecule has 1 heterocycles. The van der Waals surface area contributed by atoms with E-state index in [1.165, 1.54) is 7.11 Å². The Balaban J connectivity index is 2.07. The molecule has 0 aromatic heterocycles. The Morgan fingerprint density at radius 1 is 1.45 bits per heavy atom. The van der Waals surface area contributed by atoms with E-state index in [2.05, 4.69) is 10.6 Å². The second-order valence-electron chi connectivity index (χ2n) is 5.09. The molecule has 20 heavy (non-hydrogen) atoms. The highest BCUT2D eigenvalue weighted by Gasteiger charge is 2.19. The molecule has 0 saturated carbocycles. The largest absolute Gasteiger partial charge is 0.465 e. The second-order valence-corrected chi connectivity index (χ2v) is 5.09. The summed E-state index contributed by atoms with van der Waals surface area (Å²) < 4.78 is 4.74. The van der Waals surface area contributed by atoms with Gasteiger partial charge in [0, 0.05) is 12.5 Å². The van der Waals surface area contributed by atoms with Crippen LogP contribution in [-0.4, -0.2) is 31.6 Å². The molecule has 0 radical (unpaired) electrons. The Kier molecular flexibility index (Phi) is 4.74. The highest BCUT2D eigenvalue weighted by Crippen LogP contribution is 2.19. The Bertz CT molecular complexity index is 508. The van der Waals surface area contributed by atoms with Crippen molar-refractivity contribution in [1.29, 1.82) is 0 Å². The van der Waals surface area contributed by atoms with Gasteiger partial charge >= 0.3 is 5.97 Å². The van der Waals surface area contributed by atoms with Crippen molar-refractivity contribution in [2.45, 2.75) is 32.2 Å². The highest BCUT2D eigenvalue weighted by molar-refractivity contribution is 6.01. The van der Waals surface area contributed by atoms with Gasteiger partial charge in [0.2, 0.25) is 5.91 Å². The lowest BCUT2D eigenvalue weighted by Crippen LogP contribution is -2.28. The molecule has 1 aliphatic rings. The zero-order valence-electron chi connectivity index (χ0n) is 11.9. The van der Waals surface area contributed by atoms with Crippen molar-refractivity contribution in [2.24, 2.45) is 0 Å². The first-order valence-electron chi connectivity index (χ1n) is 6.82. The van der Waals surface area contributed by atoms with Crippen LogP contribution in [0.1, 0.15) is 35.2 Å². The van der Waals surface area contributed by atoms with E-state index in [1.807, 2.05) is 13.0 Å². The second kappa shape index (κ2) is 6.52. The van der Waals surface area contributed by atoms with Crippen molar-refractivity contribution in [3.05, 3.63) is 29.3 Å². The number of aryl methyl sites for hydroxylation is 1. The molecule has 0 aliphatic carbocycles. The minimum absolute atomic E-state index is 0.0848. The number of carbonyl (C=O) groups is 2. The van der Waals surface area contributed by atoms with Gasteiger partial charge in [-0.3, -0.25) is 4.79 Å². The van der Waals surface area contributed by atoms with E-state index >= 15 is 0 Å². The van der Waals surface area contributed by atoms with Crippen molar-refractivity contribution in [3.8, 4) is 0 Å². The summed E-state index contributed by atoms with van der Waals surface area (Å²) in [6, 6.07) is 5.55. The van der Waals surface area contributed by atoms with Crippen LogP contribution in [0.4, 0.5) is 5.69 Å². The molecule has 1 aromatic rings. The molecule has 0 bridgehead atoms. The van der Waals surface area contributed by atoms with Crippen molar-refractivity contribution in [1.82, 2.24) is 5.32 Å². The van der Waals surface area contributed by atoms with Crippen molar-refractivity contribution < 1.29 is 14.3 Å². The summed E-state index contributed by atoms with van der Waals surface area (Å²) in [5.41, 5.74) is 1.84. The molecule has 5 heteroatoms. The van der Waals surface area contributed by atoms with E-state index in [9.17, 15) is 9.59 Å². The van der Waals surface area contributed by atoms with Gasteiger partial charge in [0.15, 0.2) is 0 Å². The molecule has 1 amide bonds. The molecule has 1 aromatic carbocycles. The molecule has 108 valence electrons. The summed E-state index contributed by atoms with van der Waals surface area (Å²) in [4.78, 5) is 23.7. The van der Waals surface area contributed by atoms with Crippen LogP contribution in [0.15, 0.2) is 18.2 Å². The van der Waals surface area contributed by atoms with Crippen LogP contribution in [0.5, 0.6) is 0 Å². The zero-order chi connectivity index (χ0) is 14.5. The number of hydrogen-bond acceptors (Lipinski definition) is 4. The van der Waals surface area contributed by atoms with Gasteiger partial charge in [0.25, 0.3) is 0 Å². The topological polar surface area (TPSA) is 67.4 Å². The maximum absolute atomic E-state index is 12.0. The van der Waals surface area contributed by atoms with Gasteiger partial charge in [-0.25, -0.2) is 4.79 Å². The van der Waals surface area contributed by atoms with Crippen LogP contribution in [-0.2, 0) is 9.53 Å². The number of hydrogen-bond donors (Lipinski definition) is 2. The first-order valence-corrected chi connectivity index (χ1v) is 6.82. The van der Waals surface area contributed by atoms with Gasteiger partial charge in [0.1, 0.15) is 0 Å². The van der Waals surface area contributed by atoms with Crippen LogP contribution in [0.25, 0.3) is 0 Å². The number of amides is 1. The number of ether oxygens (including phenoxy) is 1. The first kappa shape index (κ1) is 14.5. The van der Waals surface area contributed by atoms with Crippen molar-refractivity contribution in [3.63, 3.8) is 0 Å². The lowest BCUT2D eigenvalue weighted by Gasteiger charge is -2.13. The Morgan fingerprint density at radius 2 is 2.25 bits per heavy atom. The third-order valence-electron chi connectivity index (χ3n) is 3.45. The number of esters is 1. The van der Waals surface area contributed by atoms with Gasteiger partial charge in [-0.2, -0.15) is 0 Å². The van der Waals surface area contributed by atoms with Crippen LogP contribution in [0.3, 0.4) is 0 Å². The standard InChI is InChI=1S/C15H20N2O3/c1-10-5-6-13(12(8-10)15(19)20-2)17-14(18)9-11-4-3-7-16-11/h5-6,8,11,16H,3-4,7,9H2,1-2H3,(H,17,18). The number of methoxy groups -OCH3 is 1. The van der Waals surface area contributed by atoms with Gasteiger partial charge in [-0.05, 0) is 38.4 Å². The Morgan fingerprint density at radius 3 is 2.90 bits per heavy atom. The number of anilines is 1. The predicted octanol–water partition coefficient (Wildman–Crippen LogP) is 1.86. The van der Waals surface area contributed by atoms with Gasteiger partial charge in [0.05, 0.1) is 18.4 Å². The summed E-state index contributed by atoms with van der Waals surface area (Å²) in [6.07, 6.45) is 2.55. The molecule has 0 spiro atoms. The highest BCUT2D eigenvalue weighted by atomic mass is 16.5. The van der Waals surface area contributed by atoms with E-state index in [4.69, 9.17) is 4.74 Å². The Hall–Kier alpha value is -1.88. The average Bonchev–Trinajstić information content (AvgIpc) is 2.92. The van der Waals surface area contributed by atoms with Crippen LogP contribution in [0, 0.1) is 6.92 Å². The average molecular weight is 276 g/mol. The fourth-order valence-corrected chi connectivity index (χ4v) is 2.40. The minimum Gasteiger partial charge on any atom is -0.465 e. The molecular weight excluding hydrogens is 256 g/mol. The number of carbonyl (C=O) groups excluding carboxylic acids is 2. The van der Waals surface area contributed by atoms with E-state index in [-0.39, 0.29) is 11.9 Å². The summed E-state index contributed by atoms with van der Waals surface area (Å²) in [6.45, 7) is 2.86. The molecule has 1 saturated heterocycles. The SMILES string of the molecule is COC(=O)c1cc(C)ccc1NC(=O)CC1CCCN1. The fourth-order valence-electron chi connectivity index (χ4n) is 2.40. The number of rotatable bonds is 4.